The van der Waals surface area contributed by atoms with E-state index in [1.165, 1.54) is 12.1 Å². The molecule has 2 aromatic carbocycles. The number of rotatable bonds is 8. The highest BCUT2D eigenvalue weighted by atomic mass is 16.5. The average Bonchev–Trinajstić information content (AvgIpc) is 3.39. The number of aromatic nitrogens is 2. The molecule has 0 fully saturated rings. The van der Waals surface area contributed by atoms with E-state index in [4.69, 9.17) is 18.3 Å². The van der Waals surface area contributed by atoms with Crippen LogP contribution in [0.5, 0.6) is 5.75 Å². The lowest BCUT2D eigenvalue weighted by molar-refractivity contribution is -0.144. The third kappa shape index (κ3) is 8.72. The van der Waals surface area contributed by atoms with E-state index in [0.717, 1.165) is 16.7 Å². The maximum atomic E-state index is 11.2. The number of esters is 2. The molecule has 0 radical (unpaired) electrons. The highest BCUT2D eigenvalue weighted by Gasteiger charge is 2.10. The van der Waals surface area contributed by atoms with E-state index in [2.05, 4.69) is 9.97 Å². The number of hydrogen-bond acceptors (Lipinski definition) is 9. The topological polar surface area (TPSA) is 125 Å². The summed E-state index contributed by atoms with van der Waals surface area (Å²) < 4.78 is 20.6. The van der Waals surface area contributed by atoms with Crippen molar-refractivity contribution in [2.24, 2.45) is 0 Å². The van der Waals surface area contributed by atoms with Gasteiger partial charge in [0.05, 0.1) is 26.1 Å². The summed E-state index contributed by atoms with van der Waals surface area (Å²) in [5, 5.41) is 9.27. The van der Waals surface area contributed by atoms with E-state index in [0.29, 0.717) is 55.4 Å². The molecule has 4 aromatic rings. The van der Waals surface area contributed by atoms with Gasteiger partial charge < -0.3 is 23.4 Å². The standard InChI is InChI=1S/C13H15NO3.C12H13NO4.2CH4/c1-3-16-13(15)7-6-12-14-10-8-9(2)4-5-11(10)17-12;1-2-16-12(15)6-5-11-13-9-7-8(14)3-4-10(9)17-11;;/h4-5,8H,3,6-7H2,1-2H3;3-4,7,14H,2,5-6H2,1H3;2*1H4. The number of phenolic OH excluding ortho intramolecular Hbond substituents is 1. The molecule has 0 aliphatic heterocycles. The summed E-state index contributed by atoms with van der Waals surface area (Å²) >= 11 is 0. The van der Waals surface area contributed by atoms with Crippen LogP contribution in [-0.2, 0) is 31.9 Å². The average molecular weight is 501 g/mol. The molecule has 196 valence electrons. The Bertz CT molecular complexity index is 1160. The molecule has 0 atom stereocenters. The van der Waals surface area contributed by atoms with Gasteiger partial charge >= 0.3 is 11.9 Å². The molecule has 36 heavy (non-hydrogen) atoms. The molecule has 4 rings (SSSR count). The third-order valence-electron chi connectivity index (χ3n) is 4.70. The molecule has 9 nitrogen and oxygen atoms in total. The van der Waals surface area contributed by atoms with Crippen LogP contribution in [0.3, 0.4) is 0 Å². The molecule has 0 saturated heterocycles. The van der Waals surface area contributed by atoms with Crippen LogP contribution < -0.4 is 0 Å². The molecule has 9 heteroatoms. The van der Waals surface area contributed by atoms with Crippen molar-refractivity contribution in [3.63, 3.8) is 0 Å². The molecule has 0 aliphatic carbocycles. The van der Waals surface area contributed by atoms with Crippen molar-refractivity contribution in [1.82, 2.24) is 9.97 Å². The molecule has 0 aliphatic rings. The summed E-state index contributed by atoms with van der Waals surface area (Å²) in [5.41, 5.74) is 3.92. The van der Waals surface area contributed by atoms with Gasteiger partial charge in [0.2, 0.25) is 0 Å². The van der Waals surface area contributed by atoms with Gasteiger partial charge in [-0.25, -0.2) is 9.97 Å². The molecule has 0 unspecified atom stereocenters. The van der Waals surface area contributed by atoms with E-state index in [1.807, 2.05) is 25.1 Å². The molecular formula is C27H36N2O7. The number of benzene rings is 2. The van der Waals surface area contributed by atoms with E-state index in [-0.39, 0.29) is 39.0 Å². The highest BCUT2D eigenvalue weighted by Crippen LogP contribution is 2.21. The van der Waals surface area contributed by atoms with Crippen molar-refractivity contribution >= 4 is 34.1 Å². The van der Waals surface area contributed by atoms with Gasteiger partial charge in [0, 0.05) is 18.9 Å². The van der Waals surface area contributed by atoms with Crippen LogP contribution in [0.15, 0.2) is 45.2 Å². The van der Waals surface area contributed by atoms with Gasteiger partial charge in [-0.3, -0.25) is 9.59 Å². The Morgan fingerprint density at radius 2 is 1.28 bits per heavy atom. The molecule has 0 spiro atoms. The van der Waals surface area contributed by atoms with Crippen LogP contribution in [0.2, 0.25) is 0 Å². The zero-order valence-corrected chi connectivity index (χ0v) is 19.5. The van der Waals surface area contributed by atoms with Gasteiger partial charge in [0.25, 0.3) is 0 Å². The normalized spacial score (nSPS) is 10.1. The van der Waals surface area contributed by atoms with Gasteiger partial charge in [-0.05, 0) is 50.6 Å². The SMILES string of the molecule is C.C.CCOC(=O)CCc1nc2cc(C)ccc2o1.CCOC(=O)CCc1nc2cc(O)ccc2o1. The Labute approximate surface area is 211 Å². The lowest BCUT2D eigenvalue weighted by atomic mass is 10.2. The fourth-order valence-corrected chi connectivity index (χ4v) is 3.15. The lowest BCUT2D eigenvalue weighted by Crippen LogP contribution is -2.05. The van der Waals surface area contributed by atoms with Gasteiger partial charge in [-0.2, -0.15) is 0 Å². The number of carbonyl (C=O) groups excluding carboxylic acids is 2. The molecule has 1 N–H and O–H groups in total. The first kappa shape index (κ1) is 30.2. The Morgan fingerprint density at radius 1 is 0.806 bits per heavy atom. The number of ether oxygens (including phenoxy) is 2. The van der Waals surface area contributed by atoms with Crippen LogP contribution in [0.1, 0.15) is 58.9 Å². The molecule has 2 heterocycles. The van der Waals surface area contributed by atoms with Crippen molar-refractivity contribution < 1.29 is 33.0 Å². The monoisotopic (exact) mass is 500 g/mol. The molecule has 0 saturated carbocycles. The predicted octanol–water partition coefficient (Wildman–Crippen LogP) is 5.93. The number of aryl methyl sites for hydroxylation is 3. The van der Waals surface area contributed by atoms with Gasteiger partial charge in [0.1, 0.15) is 16.8 Å². The number of phenols is 1. The third-order valence-corrected chi connectivity index (χ3v) is 4.70. The lowest BCUT2D eigenvalue weighted by Gasteiger charge is -1.98. The second-order valence-electron chi connectivity index (χ2n) is 7.45. The Hall–Kier alpha value is -3.88. The van der Waals surface area contributed by atoms with Crippen molar-refractivity contribution in [2.45, 2.75) is 61.3 Å². The van der Waals surface area contributed by atoms with Crippen LogP contribution in [-0.4, -0.2) is 40.2 Å². The predicted molar refractivity (Wildman–Crippen MR) is 138 cm³/mol. The zero-order chi connectivity index (χ0) is 24.5. The second kappa shape index (κ2) is 14.5. The first-order valence-electron chi connectivity index (χ1n) is 11.1. The minimum Gasteiger partial charge on any atom is -0.508 e. The smallest absolute Gasteiger partial charge is 0.306 e. The minimum absolute atomic E-state index is 0. The number of oxazole rings is 2. The first-order valence-corrected chi connectivity index (χ1v) is 11.1. The molecular weight excluding hydrogens is 464 g/mol. The number of fused-ring (bicyclic) bond motifs is 2. The molecule has 2 aromatic heterocycles. The molecule has 0 bridgehead atoms. The maximum Gasteiger partial charge on any atom is 0.306 e. The first-order chi connectivity index (χ1) is 16.4. The zero-order valence-electron chi connectivity index (χ0n) is 19.5. The Morgan fingerprint density at radius 3 is 1.78 bits per heavy atom. The van der Waals surface area contributed by atoms with Gasteiger partial charge in [0.15, 0.2) is 22.9 Å². The van der Waals surface area contributed by atoms with E-state index in [9.17, 15) is 14.7 Å². The number of carbonyl (C=O) groups is 2. The largest absolute Gasteiger partial charge is 0.508 e. The fraction of sp³-hybridized carbons (Fsp3) is 0.407. The summed E-state index contributed by atoms with van der Waals surface area (Å²) in [6, 6.07) is 10.5. The van der Waals surface area contributed by atoms with Crippen LogP contribution in [0.4, 0.5) is 0 Å². The quantitative estimate of drug-likeness (QED) is 0.293. The highest BCUT2D eigenvalue weighted by molar-refractivity contribution is 5.75. The van der Waals surface area contributed by atoms with Gasteiger partial charge in [-0.1, -0.05) is 20.9 Å². The van der Waals surface area contributed by atoms with E-state index in [1.54, 1.807) is 19.9 Å². The maximum absolute atomic E-state index is 11.2. The van der Waals surface area contributed by atoms with E-state index >= 15 is 0 Å². The van der Waals surface area contributed by atoms with Crippen molar-refractivity contribution in [3.05, 3.63) is 53.7 Å². The van der Waals surface area contributed by atoms with E-state index < -0.39 is 0 Å². The van der Waals surface area contributed by atoms with Crippen molar-refractivity contribution in [2.75, 3.05) is 13.2 Å². The van der Waals surface area contributed by atoms with Crippen molar-refractivity contribution in [3.8, 4) is 5.75 Å². The van der Waals surface area contributed by atoms with Crippen LogP contribution in [0.25, 0.3) is 22.2 Å². The van der Waals surface area contributed by atoms with Crippen LogP contribution >= 0.6 is 0 Å². The minimum atomic E-state index is -0.266. The second-order valence-corrected chi connectivity index (χ2v) is 7.45. The molecule has 0 amide bonds. The summed E-state index contributed by atoms with van der Waals surface area (Å²) in [6.07, 6.45) is 1.42. The summed E-state index contributed by atoms with van der Waals surface area (Å²) in [5.74, 6) is 0.712. The number of nitrogens with zero attached hydrogens (tertiary/aromatic N) is 2. The van der Waals surface area contributed by atoms with Gasteiger partial charge in [-0.15, -0.1) is 0 Å². The van der Waals surface area contributed by atoms with Crippen molar-refractivity contribution in [1.29, 1.82) is 0 Å². The fourth-order valence-electron chi connectivity index (χ4n) is 3.15. The number of hydrogen-bond donors (Lipinski definition) is 1. The summed E-state index contributed by atoms with van der Waals surface area (Å²) in [7, 11) is 0. The summed E-state index contributed by atoms with van der Waals surface area (Å²) in [4.78, 5) is 30.9. The summed E-state index contributed by atoms with van der Waals surface area (Å²) in [6.45, 7) is 6.35. The number of aromatic hydroxyl groups is 1. The van der Waals surface area contributed by atoms with Crippen LogP contribution in [0, 0.1) is 6.92 Å². The Kier molecular flexibility index (Phi) is 12.1. The Balaban J connectivity index is 0.000000341.